The molecule has 2 aromatic heterocycles. The minimum atomic E-state index is 0.232. The van der Waals surface area contributed by atoms with Crippen LogP contribution >= 0.6 is 0 Å². The Morgan fingerprint density at radius 3 is 2.86 bits per heavy atom. The number of aromatic nitrogens is 4. The number of aromatic hydroxyl groups is 1. The number of hydrogen-bond acceptors (Lipinski definition) is 5. The van der Waals surface area contributed by atoms with Gasteiger partial charge in [0, 0.05) is 28.2 Å². The number of nitrogens with zero attached hydrogens (tertiary/aromatic N) is 3. The smallest absolute Gasteiger partial charge is 0.227 e. The molecule has 4 aromatic rings. The van der Waals surface area contributed by atoms with Gasteiger partial charge in [-0.2, -0.15) is 5.10 Å². The molecule has 3 N–H and O–H groups in total. The van der Waals surface area contributed by atoms with Gasteiger partial charge in [0.05, 0.1) is 17.2 Å². The number of fused-ring (bicyclic) bond motifs is 2. The van der Waals surface area contributed by atoms with Gasteiger partial charge >= 0.3 is 0 Å². The summed E-state index contributed by atoms with van der Waals surface area (Å²) in [5.41, 5.74) is 3.29. The lowest BCUT2D eigenvalue weighted by molar-refractivity contribution is 0.472. The van der Waals surface area contributed by atoms with Gasteiger partial charge in [0.25, 0.3) is 0 Å². The molecule has 2 heterocycles. The molecule has 6 nitrogen and oxygen atoms in total. The van der Waals surface area contributed by atoms with Crippen LogP contribution in [-0.2, 0) is 0 Å². The van der Waals surface area contributed by atoms with Crippen molar-refractivity contribution in [2.24, 2.45) is 0 Å². The highest BCUT2D eigenvalue weighted by molar-refractivity contribution is 5.85. The average molecular weight is 291 g/mol. The quantitative estimate of drug-likeness (QED) is 0.527. The van der Waals surface area contributed by atoms with E-state index in [-0.39, 0.29) is 5.75 Å². The van der Waals surface area contributed by atoms with E-state index in [1.165, 1.54) is 0 Å². The molecule has 0 aliphatic heterocycles. The summed E-state index contributed by atoms with van der Waals surface area (Å²) in [4.78, 5) is 8.80. The third-order valence-electron chi connectivity index (χ3n) is 3.68. The highest BCUT2D eigenvalue weighted by atomic mass is 16.3. The van der Waals surface area contributed by atoms with E-state index < -0.39 is 0 Å². The Hall–Kier alpha value is -3.15. The fourth-order valence-corrected chi connectivity index (χ4v) is 2.43. The lowest BCUT2D eigenvalue weighted by Gasteiger charge is -2.08. The van der Waals surface area contributed by atoms with E-state index in [1.807, 2.05) is 25.1 Å². The van der Waals surface area contributed by atoms with Gasteiger partial charge in [-0.3, -0.25) is 5.10 Å². The van der Waals surface area contributed by atoms with Crippen molar-refractivity contribution >= 4 is 33.4 Å². The number of phenolic OH excluding ortho intramolecular Hbond substituents is 1. The minimum Gasteiger partial charge on any atom is -0.508 e. The van der Waals surface area contributed by atoms with E-state index in [9.17, 15) is 5.11 Å². The summed E-state index contributed by atoms with van der Waals surface area (Å²) in [6.07, 6.45) is 3.52. The SMILES string of the molecule is Cc1c(O)ccc2cnc(Nc3ccc4cn[nH]c4c3)nc12. The van der Waals surface area contributed by atoms with Crippen molar-refractivity contribution < 1.29 is 5.11 Å². The molecular weight excluding hydrogens is 278 g/mol. The van der Waals surface area contributed by atoms with Crippen LogP contribution in [0.4, 0.5) is 11.6 Å². The number of rotatable bonds is 2. The summed E-state index contributed by atoms with van der Waals surface area (Å²) in [6.45, 7) is 1.84. The minimum absolute atomic E-state index is 0.232. The number of nitrogens with one attached hydrogen (secondary N) is 2. The molecule has 0 atom stereocenters. The molecule has 0 bridgehead atoms. The second-order valence-corrected chi connectivity index (χ2v) is 5.14. The number of aryl methyl sites for hydroxylation is 1. The van der Waals surface area contributed by atoms with Gasteiger partial charge in [0.2, 0.25) is 5.95 Å². The van der Waals surface area contributed by atoms with E-state index in [2.05, 4.69) is 25.5 Å². The van der Waals surface area contributed by atoms with Gasteiger partial charge < -0.3 is 10.4 Å². The second kappa shape index (κ2) is 4.70. The normalized spacial score (nSPS) is 11.1. The molecule has 0 spiro atoms. The van der Waals surface area contributed by atoms with Gasteiger partial charge in [-0.25, -0.2) is 9.97 Å². The largest absolute Gasteiger partial charge is 0.508 e. The van der Waals surface area contributed by atoms with E-state index >= 15 is 0 Å². The molecule has 0 amide bonds. The maximum Gasteiger partial charge on any atom is 0.227 e. The van der Waals surface area contributed by atoms with Crippen LogP contribution in [0.3, 0.4) is 0 Å². The van der Waals surface area contributed by atoms with Crippen molar-refractivity contribution in [2.45, 2.75) is 6.92 Å². The van der Waals surface area contributed by atoms with Gasteiger partial charge in [0.1, 0.15) is 5.75 Å². The van der Waals surface area contributed by atoms with Gasteiger partial charge in [-0.1, -0.05) is 0 Å². The van der Waals surface area contributed by atoms with Gasteiger partial charge in [-0.15, -0.1) is 0 Å². The van der Waals surface area contributed by atoms with Crippen LogP contribution < -0.4 is 5.32 Å². The number of hydrogen-bond donors (Lipinski definition) is 3. The first kappa shape index (κ1) is 12.6. The predicted octanol–water partition coefficient (Wildman–Crippen LogP) is 3.26. The zero-order valence-electron chi connectivity index (χ0n) is 11.8. The Morgan fingerprint density at radius 2 is 1.95 bits per heavy atom. The first-order chi connectivity index (χ1) is 10.7. The van der Waals surface area contributed by atoms with Crippen LogP contribution in [0.1, 0.15) is 5.56 Å². The Bertz CT molecular complexity index is 992. The zero-order valence-corrected chi connectivity index (χ0v) is 11.8. The number of benzene rings is 2. The predicted molar refractivity (Wildman–Crippen MR) is 85.3 cm³/mol. The maximum atomic E-state index is 9.80. The van der Waals surface area contributed by atoms with Crippen LogP contribution in [-0.4, -0.2) is 25.3 Å². The lowest BCUT2D eigenvalue weighted by atomic mass is 10.1. The summed E-state index contributed by atoms with van der Waals surface area (Å²) < 4.78 is 0. The van der Waals surface area contributed by atoms with E-state index in [0.29, 0.717) is 5.95 Å². The summed E-state index contributed by atoms with van der Waals surface area (Å²) in [7, 11) is 0. The van der Waals surface area contributed by atoms with E-state index in [4.69, 9.17) is 0 Å². The molecule has 0 radical (unpaired) electrons. The van der Waals surface area contributed by atoms with E-state index in [0.717, 1.165) is 33.1 Å². The first-order valence-corrected chi connectivity index (χ1v) is 6.86. The molecule has 4 rings (SSSR count). The first-order valence-electron chi connectivity index (χ1n) is 6.86. The summed E-state index contributed by atoms with van der Waals surface area (Å²) >= 11 is 0. The van der Waals surface area contributed by atoms with Gasteiger partial charge in [-0.05, 0) is 37.3 Å². The Morgan fingerprint density at radius 1 is 1.09 bits per heavy atom. The molecule has 6 heteroatoms. The molecule has 22 heavy (non-hydrogen) atoms. The molecule has 0 saturated carbocycles. The van der Waals surface area contributed by atoms with Crippen LogP contribution in [0.15, 0.2) is 42.7 Å². The standard InChI is InChI=1S/C16H13N5O/c1-9-14(22)5-3-11-7-17-16(20-15(9)11)19-12-4-2-10-8-18-21-13(10)6-12/h2-8,22H,1H3,(H,18,21)(H,17,19,20). The maximum absolute atomic E-state index is 9.80. The second-order valence-electron chi connectivity index (χ2n) is 5.14. The van der Waals surface area contributed by atoms with Crippen LogP contribution in [0.5, 0.6) is 5.75 Å². The molecule has 0 fully saturated rings. The van der Waals surface area contributed by atoms with Crippen LogP contribution in [0.25, 0.3) is 21.8 Å². The fraction of sp³-hybridized carbons (Fsp3) is 0.0625. The van der Waals surface area contributed by atoms with Crippen molar-refractivity contribution in [3.63, 3.8) is 0 Å². The van der Waals surface area contributed by atoms with Crippen LogP contribution in [0, 0.1) is 6.92 Å². The molecule has 2 aromatic carbocycles. The van der Waals surface area contributed by atoms with Crippen LogP contribution in [0.2, 0.25) is 0 Å². The van der Waals surface area contributed by atoms with Crippen molar-refractivity contribution in [1.29, 1.82) is 0 Å². The summed E-state index contributed by atoms with van der Waals surface area (Å²) in [5.74, 6) is 0.719. The van der Waals surface area contributed by atoms with Crippen molar-refractivity contribution in [3.8, 4) is 5.75 Å². The molecule has 108 valence electrons. The van der Waals surface area contributed by atoms with E-state index in [1.54, 1.807) is 24.5 Å². The third-order valence-corrected chi connectivity index (χ3v) is 3.68. The number of H-pyrrole nitrogens is 1. The molecule has 0 unspecified atom stereocenters. The van der Waals surface area contributed by atoms with Crippen molar-refractivity contribution in [1.82, 2.24) is 20.2 Å². The Kier molecular flexibility index (Phi) is 2.69. The topological polar surface area (TPSA) is 86.7 Å². The Labute approximate surface area is 125 Å². The molecule has 0 saturated heterocycles. The average Bonchev–Trinajstić information content (AvgIpc) is 2.99. The molecular formula is C16H13N5O. The Balaban J connectivity index is 1.75. The monoisotopic (exact) mass is 291 g/mol. The highest BCUT2D eigenvalue weighted by Crippen LogP contribution is 2.26. The summed E-state index contributed by atoms with van der Waals surface area (Å²) in [6, 6.07) is 9.32. The number of anilines is 2. The van der Waals surface area contributed by atoms with Crippen molar-refractivity contribution in [3.05, 3.63) is 48.3 Å². The fourth-order valence-electron chi connectivity index (χ4n) is 2.43. The lowest BCUT2D eigenvalue weighted by Crippen LogP contribution is -1.98. The van der Waals surface area contributed by atoms with Crippen molar-refractivity contribution in [2.75, 3.05) is 5.32 Å². The van der Waals surface area contributed by atoms with Gasteiger partial charge in [0.15, 0.2) is 0 Å². The number of phenols is 1. The third kappa shape index (κ3) is 2.01. The molecule has 0 aliphatic rings. The highest BCUT2D eigenvalue weighted by Gasteiger charge is 2.07. The molecule has 0 aliphatic carbocycles. The summed E-state index contributed by atoms with van der Waals surface area (Å²) in [5, 5.41) is 21.8. The number of aromatic amines is 1. The zero-order chi connectivity index (χ0) is 15.1.